The van der Waals surface area contributed by atoms with E-state index in [1.807, 2.05) is 12.1 Å². The minimum atomic E-state index is 0.809. The molecule has 2 N–H and O–H groups in total. The number of nitrogens with two attached hydrogens (primary N) is 1. The first-order valence-corrected chi connectivity index (χ1v) is 7.07. The predicted molar refractivity (Wildman–Crippen MR) is 80.2 cm³/mol. The molecule has 2 aromatic carbocycles. The highest BCUT2D eigenvalue weighted by Crippen LogP contribution is 2.27. The summed E-state index contributed by atoms with van der Waals surface area (Å²) in [5.74, 6) is 0. The maximum absolute atomic E-state index is 6.22. The van der Waals surface area contributed by atoms with E-state index in [1.165, 1.54) is 35.6 Å². The lowest BCUT2D eigenvalue weighted by Crippen LogP contribution is -1.98. The molecule has 0 bridgehead atoms. The Balaban J connectivity index is 2.07. The SMILES string of the molecule is NCCCCCCc1ccc(Cl)c2ccccc12. The van der Waals surface area contributed by atoms with Gasteiger partial charge in [0.1, 0.15) is 0 Å². The normalized spacial score (nSPS) is 11.0. The molecule has 0 unspecified atom stereocenters. The largest absolute Gasteiger partial charge is 0.330 e. The third-order valence-corrected chi connectivity index (χ3v) is 3.69. The van der Waals surface area contributed by atoms with Gasteiger partial charge in [-0.3, -0.25) is 0 Å². The van der Waals surface area contributed by atoms with E-state index in [0.717, 1.165) is 24.4 Å². The van der Waals surface area contributed by atoms with Gasteiger partial charge >= 0.3 is 0 Å². The fraction of sp³-hybridized carbons (Fsp3) is 0.375. The molecule has 0 aliphatic rings. The molecule has 96 valence electrons. The van der Waals surface area contributed by atoms with Crippen molar-refractivity contribution < 1.29 is 0 Å². The van der Waals surface area contributed by atoms with Crippen molar-refractivity contribution in [3.8, 4) is 0 Å². The molecule has 0 amide bonds. The Labute approximate surface area is 114 Å². The Hall–Kier alpha value is -1.05. The van der Waals surface area contributed by atoms with E-state index in [4.69, 9.17) is 17.3 Å². The fourth-order valence-electron chi connectivity index (χ4n) is 2.36. The molecule has 0 atom stereocenters. The van der Waals surface area contributed by atoms with Crippen LogP contribution >= 0.6 is 11.6 Å². The van der Waals surface area contributed by atoms with Gasteiger partial charge in [-0.25, -0.2) is 0 Å². The van der Waals surface area contributed by atoms with Gasteiger partial charge in [-0.1, -0.05) is 54.8 Å². The van der Waals surface area contributed by atoms with Crippen molar-refractivity contribution in [1.29, 1.82) is 0 Å². The number of rotatable bonds is 6. The number of halogens is 1. The molecule has 0 spiro atoms. The first-order chi connectivity index (χ1) is 8.83. The smallest absolute Gasteiger partial charge is 0.0484 e. The lowest BCUT2D eigenvalue weighted by Gasteiger charge is -2.08. The molecule has 0 radical (unpaired) electrons. The molecular weight excluding hydrogens is 242 g/mol. The monoisotopic (exact) mass is 261 g/mol. The molecule has 18 heavy (non-hydrogen) atoms. The molecule has 0 heterocycles. The van der Waals surface area contributed by atoms with Crippen LogP contribution in [0.2, 0.25) is 5.02 Å². The van der Waals surface area contributed by atoms with Crippen LogP contribution < -0.4 is 5.73 Å². The van der Waals surface area contributed by atoms with Crippen molar-refractivity contribution in [2.24, 2.45) is 5.73 Å². The summed E-state index contributed by atoms with van der Waals surface area (Å²) < 4.78 is 0. The second-order valence-electron chi connectivity index (χ2n) is 4.70. The van der Waals surface area contributed by atoms with Crippen LogP contribution in [0.15, 0.2) is 36.4 Å². The molecule has 0 fully saturated rings. The van der Waals surface area contributed by atoms with Gasteiger partial charge in [0, 0.05) is 10.4 Å². The zero-order valence-electron chi connectivity index (χ0n) is 10.7. The molecule has 2 aromatic rings. The van der Waals surface area contributed by atoms with Gasteiger partial charge in [0.25, 0.3) is 0 Å². The highest BCUT2D eigenvalue weighted by atomic mass is 35.5. The second kappa shape index (κ2) is 6.77. The van der Waals surface area contributed by atoms with Crippen LogP contribution in [0, 0.1) is 0 Å². The lowest BCUT2D eigenvalue weighted by molar-refractivity contribution is 0.648. The number of hydrogen-bond donors (Lipinski definition) is 1. The lowest BCUT2D eigenvalue weighted by atomic mass is 9.99. The maximum atomic E-state index is 6.22. The maximum Gasteiger partial charge on any atom is 0.0484 e. The van der Waals surface area contributed by atoms with Crippen molar-refractivity contribution in [3.05, 3.63) is 47.0 Å². The van der Waals surface area contributed by atoms with Crippen LogP contribution in [0.25, 0.3) is 10.8 Å². The summed E-state index contributed by atoms with van der Waals surface area (Å²) in [4.78, 5) is 0. The standard InChI is InChI=1S/C16H20ClN/c17-16-11-10-13(7-3-1-2-6-12-18)14-8-4-5-9-15(14)16/h4-5,8-11H,1-3,6-7,12,18H2. The summed E-state index contributed by atoms with van der Waals surface area (Å²) >= 11 is 6.22. The van der Waals surface area contributed by atoms with Crippen LogP contribution in [-0.2, 0) is 6.42 Å². The Morgan fingerprint density at radius 2 is 1.56 bits per heavy atom. The summed E-state index contributed by atoms with van der Waals surface area (Å²) in [6, 6.07) is 12.6. The Morgan fingerprint density at radius 1 is 0.833 bits per heavy atom. The van der Waals surface area contributed by atoms with Crippen LogP contribution in [0.5, 0.6) is 0 Å². The second-order valence-corrected chi connectivity index (χ2v) is 5.11. The van der Waals surface area contributed by atoms with Gasteiger partial charge in [-0.2, -0.15) is 0 Å². The van der Waals surface area contributed by atoms with E-state index in [9.17, 15) is 0 Å². The number of benzene rings is 2. The van der Waals surface area contributed by atoms with Crippen molar-refractivity contribution in [2.45, 2.75) is 32.1 Å². The van der Waals surface area contributed by atoms with E-state index in [-0.39, 0.29) is 0 Å². The molecule has 0 aromatic heterocycles. The van der Waals surface area contributed by atoms with Crippen LogP contribution in [0.4, 0.5) is 0 Å². The van der Waals surface area contributed by atoms with Crippen LogP contribution in [0.1, 0.15) is 31.2 Å². The first-order valence-electron chi connectivity index (χ1n) is 6.69. The molecule has 0 aliphatic heterocycles. The van der Waals surface area contributed by atoms with Gasteiger partial charge in [0.05, 0.1) is 0 Å². The van der Waals surface area contributed by atoms with E-state index in [2.05, 4.69) is 24.3 Å². The average molecular weight is 262 g/mol. The van der Waals surface area contributed by atoms with Crippen LogP contribution in [-0.4, -0.2) is 6.54 Å². The third kappa shape index (κ3) is 3.24. The summed E-state index contributed by atoms with van der Waals surface area (Å²) in [5.41, 5.74) is 6.90. The topological polar surface area (TPSA) is 26.0 Å². The zero-order valence-corrected chi connectivity index (χ0v) is 11.4. The average Bonchev–Trinajstić information content (AvgIpc) is 2.41. The molecule has 1 nitrogen and oxygen atoms in total. The van der Waals surface area contributed by atoms with Gasteiger partial charge in [0.15, 0.2) is 0 Å². The molecular formula is C16H20ClN. The van der Waals surface area contributed by atoms with Gasteiger partial charge < -0.3 is 5.73 Å². The van der Waals surface area contributed by atoms with Crippen molar-refractivity contribution >= 4 is 22.4 Å². The van der Waals surface area contributed by atoms with E-state index in [0.29, 0.717) is 0 Å². The zero-order chi connectivity index (χ0) is 12.8. The van der Waals surface area contributed by atoms with Gasteiger partial charge in [-0.15, -0.1) is 0 Å². The van der Waals surface area contributed by atoms with Crippen molar-refractivity contribution in [3.63, 3.8) is 0 Å². The highest BCUT2D eigenvalue weighted by Gasteiger charge is 2.03. The van der Waals surface area contributed by atoms with Gasteiger partial charge in [-0.05, 0) is 42.8 Å². The number of aryl methyl sites for hydroxylation is 1. The fourth-order valence-corrected chi connectivity index (χ4v) is 2.58. The van der Waals surface area contributed by atoms with Crippen molar-refractivity contribution in [1.82, 2.24) is 0 Å². The number of hydrogen-bond acceptors (Lipinski definition) is 1. The summed E-state index contributed by atoms with van der Waals surface area (Å²) in [6.07, 6.45) is 5.99. The minimum Gasteiger partial charge on any atom is -0.330 e. The quantitative estimate of drug-likeness (QED) is 0.759. The van der Waals surface area contributed by atoms with E-state index >= 15 is 0 Å². The highest BCUT2D eigenvalue weighted by molar-refractivity contribution is 6.35. The number of unbranched alkanes of at least 4 members (excludes halogenated alkanes) is 3. The van der Waals surface area contributed by atoms with Crippen LogP contribution in [0.3, 0.4) is 0 Å². The molecule has 0 aliphatic carbocycles. The summed E-state index contributed by atoms with van der Waals surface area (Å²) in [7, 11) is 0. The predicted octanol–water partition coefficient (Wildman–Crippen LogP) is 4.55. The minimum absolute atomic E-state index is 0.809. The Bertz CT molecular complexity index is 507. The number of fused-ring (bicyclic) bond motifs is 1. The van der Waals surface area contributed by atoms with E-state index < -0.39 is 0 Å². The first kappa shape index (κ1) is 13.4. The summed E-state index contributed by atoms with van der Waals surface area (Å²) in [5, 5.41) is 3.31. The van der Waals surface area contributed by atoms with Crippen molar-refractivity contribution in [2.75, 3.05) is 6.54 Å². The van der Waals surface area contributed by atoms with E-state index in [1.54, 1.807) is 0 Å². The molecule has 0 saturated carbocycles. The molecule has 0 saturated heterocycles. The molecule has 2 rings (SSSR count). The van der Waals surface area contributed by atoms with Gasteiger partial charge in [0.2, 0.25) is 0 Å². The Morgan fingerprint density at radius 3 is 2.33 bits per heavy atom. The summed E-state index contributed by atoms with van der Waals surface area (Å²) in [6.45, 7) is 0.809. The molecule has 2 heteroatoms. The Kier molecular flexibility index (Phi) is 5.03. The third-order valence-electron chi connectivity index (χ3n) is 3.36.